The van der Waals surface area contributed by atoms with Gasteiger partial charge in [0, 0.05) is 28.8 Å². The minimum Gasteiger partial charge on any atom is -0.370 e. The number of hydrogen-bond donors (Lipinski definition) is 3. The van der Waals surface area contributed by atoms with Crippen molar-refractivity contribution in [1.82, 2.24) is 4.98 Å². The first kappa shape index (κ1) is 17.3. The van der Waals surface area contributed by atoms with Crippen LogP contribution in [0.5, 0.6) is 0 Å². The summed E-state index contributed by atoms with van der Waals surface area (Å²) in [4.78, 5) is 7.82. The van der Waals surface area contributed by atoms with Crippen LogP contribution in [0.15, 0.2) is 59.6 Å². The van der Waals surface area contributed by atoms with Gasteiger partial charge in [-0.25, -0.2) is 0 Å². The quantitative estimate of drug-likeness (QED) is 0.339. The number of nitrogens with one attached hydrogen (secondary N) is 2. The van der Waals surface area contributed by atoms with Gasteiger partial charge < -0.3 is 16.0 Å². The topological polar surface area (TPSA) is 66.2 Å². The molecule has 4 N–H and O–H groups in total. The maximum Gasteiger partial charge on any atom is 0.193 e. The molecule has 120 valence electrons. The maximum absolute atomic E-state index is 5.93. The molecule has 0 bridgehead atoms. The second kappa shape index (κ2) is 8.01. The first-order valence-electron chi connectivity index (χ1n) is 7.42. The van der Waals surface area contributed by atoms with Crippen LogP contribution in [0.2, 0.25) is 0 Å². The summed E-state index contributed by atoms with van der Waals surface area (Å²) >= 11 is 0. The molecule has 0 aliphatic carbocycles. The number of aromatic nitrogens is 1. The molecule has 0 aliphatic rings. The number of para-hydroxylation sites is 2. The minimum absolute atomic E-state index is 0. The Labute approximate surface area is 153 Å². The normalized spacial score (nSPS) is 11.3. The van der Waals surface area contributed by atoms with Crippen LogP contribution in [0, 0.1) is 6.92 Å². The molecule has 0 spiro atoms. The highest BCUT2D eigenvalue weighted by atomic mass is 127. The molecule has 0 unspecified atom stereocenters. The van der Waals surface area contributed by atoms with E-state index in [0.29, 0.717) is 12.5 Å². The van der Waals surface area contributed by atoms with Gasteiger partial charge in [0.1, 0.15) is 0 Å². The second-order valence-electron chi connectivity index (χ2n) is 5.28. The molecular formula is C18H21IN4. The standard InChI is InChI=1S/C18H20N4.HI/c1-13-15(16-9-5-6-10-17(16)21-13)11-12-20-18(19)22-14-7-3-2-4-8-14;/h2-10,21H,11-12H2,1H3,(H3,19,20,22);1H. The molecule has 23 heavy (non-hydrogen) atoms. The second-order valence-corrected chi connectivity index (χ2v) is 5.28. The summed E-state index contributed by atoms with van der Waals surface area (Å²) in [6.45, 7) is 2.76. The summed E-state index contributed by atoms with van der Waals surface area (Å²) < 4.78 is 0. The maximum atomic E-state index is 5.93. The highest BCUT2D eigenvalue weighted by Crippen LogP contribution is 2.22. The number of halogens is 1. The number of nitrogens with two attached hydrogens (primary N) is 1. The van der Waals surface area contributed by atoms with Gasteiger partial charge in [-0.05, 0) is 37.1 Å². The van der Waals surface area contributed by atoms with Gasteiger partial charge in [-0.15, -0.1) is 24.0 Å². The first-order chi connectivity index (χ1) is 10.7. The lowest BCUT2D eigenvalue weighted by atomic mass is 10.1. The molecule has 5 heteroatoms. The van der Waals surface area contributed by atoms with E-state index in [-0.39, 0.29) is 24.0 Å². The Balaban J connectivity index is 0.00000192. The van der Waals surface area contributed by atoms with Crippen LogP contribution in [0.1, 0.15) is 11.3 Å². The summed E-state index contributed by atoms with van der Waals surface area (Å²) in [5.74, 6) is 0.448. The number of rotatable bonds is 4. The SMILES string of the molecule is Cc1[nH]c2ccccc2c1CCN=C(N)Nc1ccccc1.I. The molecule has 2 aromatic carbocycles. The van der Waals surface area contributed by atoms with Crippen molar-refractivity contribution < 1.29 is 0 Å². The molecule has 0 saturated heterocycles. The fourth-order valence-corrected chi connectivity index (χ4v) is 2.65. The van der Waals surface area contributed by atoms with Gasteiger partial charge in [0.15, 0.2) is 5.96 Å². The van der Waals surface area contributed by atoms with Crippen LogP contribution in [-0.2, 0) is 6.42 Å². The molecule has 0 radical (unpaired) electrons. The Morgan fingerprint density at radius 1 is 1.09 bits per heavy atom. The zero-order valence-electron chi connectivity index (χ0n) is 13.0. The van der Waals surface area contributed by atoms with E-state index in [1.165, 1.54) is 22.2 Å². The largest absolute Gasteiger partial charge is 0.370 e. The predicted molar refractivity (Wildman–Crippen MR) is 109 cm³/mol. The summed E-state index contributed by atoms with van der Waals surface area (Å²) in [5.41, 5.74) is 10.6. The van der Waals surface area contributed by atoms with E-state index in [1.54, 1.807) is 0 Å². The Morgan fingerprint density at radius 3 is 2.57 bits per heavy atom. The number of benzene rings is 2. The van der Waals surface area contributed by atoms with Gasteiger partial charge in [-0.3, -0.25) is 4.99 Å². The number of aliphatic imine (C=N–C) groups is 1. The van der Waals surface area contributed by atoms with Crippen LogP contribution in [0.25, 0.3) is 10.9 Å². The van der Waals surface area contributed by atoms with Crippen molar-refractivity contribution in [2.24, 2.45) is 10.7 Å². The minimum atomic E-state index is 0. The van der Waals surface area contributed by atoms with Gasteiger partial charge in [-0.2, -0.15) is 0 Å². The molecular weight excluding hydrogens is 399 g/mol. The van der Waals surface area contributed by atoms with E-state index in [4.69, 9.17) is 5.73 Å². The highest BCUT2D eigenvalue weighted by molar-refractivity contribution is 14.0. The van der Waals surface area contributed by atoms with E-state index >= 15 is 0 Å². The zero-order valence-corrected chi connectivity index (χ0v) is 15.4. The molecule has 0 fully saturated rings. The van der Waals surface area contributed by atoms with Crippen molar-refractivity contribution in [2.45, 2.75) is 13.3 Å². The number of hydrogen-bond acceptors (Lipinski definition) is 1. The smallest absolute Gasteiger partial charge is 0.193 e. The summed E-state index contributed by atoms with van der Waals surface area (Å²) in [7, 11) is 0. The summed E-state index contributed by atoms with van der Waals surface area (Å²) in [6, 6.07) is 18.2. The van der Waals surface area contributed by atoms with Gasteiger partial charge >= 0.3 is 0 Å². The van der Waals surface area contributed by atoms with Crippen LogP contribution in [0.4, 0.5) is 5.69 Å². The Hall–Kier alpha value is -2.02. The molecule has 4 nitrogen and oxygen atoms in total. The van der Waals surface area contributed by atoms with E-state index in [2.05, 4.69) is 40.4 Å². The third-order valence-electron chi connectivity index (χ3n) is 3.72. The fraction of sp³-hybridized carbons (Fsp3) is 0.167. The molecule has 3 aromatic rings. The van der Waals surface area contributed by atoms with Crippen LogP contribution < -0.4 is 11.1 Å². The third kappa shape index (κ3) is 4.25. The molecule has 0 amide bonds. The van der Waals surface area contributed by atoms with Gasteiger partial charge in [0.25, 0.3) is 0 Å². The van der Waals surface area contributed by atoms with Gasteiger partial charge in [0.2, 0.25) is 0 Å². The average molecular weight is 420 g/mol. The molecule has 1 heterocycles. The van der Waals surface area contributed by atoms with E-state index in [9.17, 15) is 0 Å². The number of guanidine groups is 1. The first-order valence-corrected chi connectivity index (χ1v) is 7.42. The molecule has 0 aliphatic heterocycles. The van der Waals surface area contributed by atoms with Crippen molar-refractivity contribution in [3.63, 3.8) is 0 Å². The summed E-state index contributed by atoms with van der Waals surface area (Å²) in [5, 5.41) is 4.36. The Bertz CT molecular complexity index is 793. The monoisotopic (exact) mass is 420 g/mol. The van der Waals surface area contributed by atoms with Crippen LogP contribution in [0.3, 0.4) is 0 Å². The lowest BCUT2D eigenvalue weighted by molar-refractivity contribution is 0.959. The van der Waals surface area contributed by atoms with Crippen molar-refractivity contribution in [3.8, 4) is 0 Å². The number of nitrogens with zero attached hydrogens (tertiary/aromatic N) is 1. The predicted octanol–water partition coefficient (Wildman–Crippen LogP) is 4.06. The molecule has 0 atom stereocenters. The van der Waals surface area contributed by atoms with Crippen molar-refractivity contribution in [1.29, 1.82) is 0 Å². The number of aryl methyl sites for hydroxylation is 1. The van der Waals surface area contributed by atoms with Crippen molar-refractivity contribution in [2.75, 3.05) is 11.9 Å². The number of aromatic amines is 1. The molecule has 0 saturated carbocycles. The van der Waals surface area contributed by atoms with Crippen LogP contribution >= 0.6 is 24.0 Å². The fourth-order valence-electron chi connectivity index (χ4n) is 2.65. The molecule has 1 aromatic heterocycles. The third-order valence-corrected chi connectivity index (χ3v) is 3.72. The van der Waals surface area contributed by atoms with Crippen molar-refractivity contribution in [3.05, 3.63) is 65.9 Å². The van der Waals surface area contributed by atoms with E-state index in [1.807, 2.05) is 36.4 Å². The zero-order chi connectivity index (χ0) is 15.4. The number of anilines is 1. The van der Waals surface area contributed by atoms with Crippen LogP contribution in [-0.4, -0.2) is 17.5 Å². The molecule has 3 rings (SSSR count). The highest BCUT2D eigenvalue weighted by Gasteiger charge is 2.07. The average Bonchev–Trinajstić information content (AvgIpc) is 2.84. The van der Waals surface area contributed by atoms with Gasteiger partial charge in [0.05, 0.1) is 0 Å². The lowest BCUT2D eigenvalue weighted by Gasteiger charge is -2.05. The Morgan fingerprint density at radius 2 is 1.78 bits per heavy atom. The van der Waals surface area contributed by atoms with E-state index in [0.717, 1.165) is 12.1 Å². The number of H-pyrrole nitrogens is 1. The van der Waals surface area contributed by atoms with E-state index < -0.39 is 0 Å². The van der Waals surface area contributed by atoms with Crippen molar-refractivity contribution >= 4 is 46.5 Å². The Kier molecular flexibility index (Phi) is 6.04. The van der Waals surface area contributed by atoms with Gasteiger partial charge in [-0.1, -0.05) is 36.4 Å². The summed E-state index contributed by atoms with van der Waals surface area (Å²) in [6.07, 6.45) is 0.868. The lowest BCUT2D eigenvalue weighted by Crippen LogP contribution is -2.23. The number of fused-ring (bicyclic) bond motifs is 1.